The molecular formula is C15H24ClN3O3. The Balaban J connectivity index is 0.00000441. The number of aromatic hydroxyl groups is 1. The van der Waals surface area contributed by atoms with Crippen molar-refractivity contribution in [1.82, 2.24) is 10.6 Å². The van der Waals surface area contributed by atoms with Gasteiger partial charge in [0.1, 0.15) is 5.75 Å². The van der Waals surface area contributed by atoms with Gasteiger partial charge >= 0.3 is 0 Å². The summed E-state index contributed by atoms with van der Waals surface area (Å²) in [4.78, 5) is 23.5. The highest BCUT2D eigenvalue weighted by atomic mass is 35.5. The minimum absolute atomic E-state index is 0. The van der Waals surface area contributed by atoms with Gasteiger partial charge in [-0.25, -0.2) is 0 Å². The van der Waals surface area contributed by atoms with Gasteiger partial charge in [-0.05, 0) is 30.2 Å². The summed E-state index contributed by atoms with van der Waals surface area (Å²) in [5, 5.41) is 14.5. The summed E-state index contributed by atoms with van der Waals surface area (Å²) in [6, 6.07) is 5.43. The molecule has 0 aliphatic carbocycles. The van der Waals surface area contributed by atoms with E-state index >= 15 is 0 Å². The zero-order chi connectivity index (χ0) is 15.8. The Bertz CT molecular complexity index is 479. The number of nitrogens with one attached hydrogen (secondary N) is 2. The number of amides is 2. The van der Waals surface area contributed by atoms with Crippen molar-refractivity contribution in [2.24, 2.45) is 11.7 Å². The monoisotopic (exact) mass is 329 g/mol. The first-order chi connectivity index (χ1) is 9.95. The zero-order valence-electron chi connectivity index (χ0n) is 12.8. The Morgan fingerprint density at radius 1 is 1.18 bits per heavy atom. The van der Waals surface area contributed by atoms with Gasteiger partial charge in [-0.3, -0.25) is 9.59 Å². The fourth-order valence-corrected chi connectivity index (χ4v) is 1.71. The van der Waals surface area contributed by atoms with Crippen LogP contribution in [0.3, 0.4) is 0 Å². The molecule has 5 N–H and O–H groups in total. The number of hydrogen-bond donors (Lipinski definition) is 4. The molecule has 22 heavy (non-hydrogen) atoms. The largest absolute Gasteiger partial charge is 0.508 e. The predicted molar refractivity (Wildman–Crippen MR) is 88.1 cm³/mol. The summed E-state index contributed by atoms with van der Waals surface area (Å²) in [6.07, 6.45) is 0.839. The molecule has 0 spiro atoms. The summed E-state index contributed by atoms with van der Waals surface area (Å²) in [7, 11) is 0. The summed E-state index contributed by atoms with van der Waals surface area (Å²) in [6.45, 7) is 4.55. The third-order valence-corrected chi connectivity index (χ3v) is 3.40. The molecule has 2 unspecified atom stereocenters. The predicted octanol–water partition coefficient (Wildman–Crippen LogP) is 1.03. The van der Waals surface area contributed by atoms with Crippen molar-refractivity contribution in [2.45, 2.75) is 26.3 Å². The summed E-state index contributed by atoms with van der Waals surface area (Å²) in [5.74, 6) is -0.229. The van der Waals surface area contributed by atoms with E-state index in [2.05, 4.69) is 10.6 Å². The van der Waals surface area contributed by atoms with E-state index in [1.807, 2.05) is 13.8 Å². The van der Waals surface area contributed by atoms with Crippen molar-refractivity contribution in [3.63, 3.8) is 0 Å². The number of hydrogen-bond acceptors (Lipinski definition) is 4. The highest BCUT2D eigenvalue weighted by Gasteiger charge is 2.18. The van der Waals surface area contributed by atoms with Gasteiger partial charge in [0.25, 0.3) is 5.91 Å². The Labute approximate surface area is 136 Å². The SMILES string of the molecule is CCC(C)C(N)C(=O)NCCNC(=O)c1ccc(O)cc1.Cl. The average molecular weight is 330 g/mol. The first-order valence-electron chi connectivity index (χ1n) is 7.06. The molecule has 7 heteroatoms. The third kappa shape index (κ3) is 6.32. The molecule has 1 aromatic carbocycles. The van der Waals surface area contributed by atoms with Crippen molar-refractivity contribution in [2.75, 3.05) is 13.1 Å². The number of carbonyl (C=O) groups excluding carboxylic acids is 2. The molecule has 0 aliphatic heterocycles. The van der Waals surface area contributed by atoms with Crippen LogP contribution in [0.5, 0.6) is 5.75 Å². The van der Waals surface area contributed by atoms with E-state index < -0.39 is 6.04 Å². The topological polar surface area (TPSA) is 104 Å². The first-order valence-corrected chi connectivity index (χ1v) is 7.06. The number of phenolic OH excluding ortho intramolecular Hbond substituents is 1. The number of rotatable bonds is 7. The Hall–Kier alpha value is -1.79. The first kappa shape index (κ1) is 20.2. The van der Waals surface area contributed by atoms with Crippen molar-refractivity contribution < 1.29 is 14.7 Å². The Kier molecular flexibility index (Phi) is 9.21. The lowest BCUT2D eigenvalue weighted by Gasteiger charge is -2.17. The molecule has 1 aromatic rings. The van der Waals surface area contributed by atoms with Gasteiger partial charge in [0, 0.05) is 18.7 Å². The molecular weight excluding hydrogens is 306 g/mol. The lowest BCUT2D eigenvalue weighted by atomic mass is 9.99. The van der Waals surface area contributed by atoms with E-state index in [9.17, 15) is 9.59 Å². The van der Waals surface area contributed by atoms with Crippen LogP contribution in [0.2, 0.25) is 0 Å². The molecule has 2 amide bonds. The Morgan fingerprint density at radius 2 is 1.73 bits per heavy atom. The van der Waals surface area contributed by atoms with E-state index in [0.717, 1.165) is 6.42 Å². The van der Waals surface area contributed by atoms with Gasteiger partial charge in [0.15, 0.2) is 0 Å². The van der Waals surface area contributed by atoms with Crippen molar-refractivity contribution in [1.29, 1.82) is 0 Å². The molecule has 1 rings (SSSR count). The fourth-order valence-electron chi connectivity index (χ4n) is 1.71. The zero-order valence-corrected chi connectivity index (χ0v) is 13.7. The van der Waals surface area contributed by atoms with Gasteiger partial charge in [-0.15, -0.1) is 12.4 Å². The molecule has 124 valence electrons. The summed E-state index contributed by atoms with van der Waals surface area (Å²) < 4.78 is 0. The molecule has 0 saturated heterocycles. The summed E-state index contributed by atoms with van der Waals surface area (Å²) >= 11 is 0. The van der Waals surface area contributed by atoms with Gasteiger partial charge in [0.2, 0.25) is 5.91 Å². The van der Waals surface area contributed by atoms with Crippen LogP contribution in [0.15, 0.2) is 24.3 Å². The van der Waals surface area contributed by atoms with E-state index in [-0.39, 0.29) is 35.9 Å². The van der Waals surface area contributed by atoms with E-state index in [0.29, 0.717) is 18.7 Å². The summed E-state index contributed by atoms with van der Waals surface area (Å²) in [5.41, 5.74) is 6.25. The maximum atomic E-state index is 11.8. The van der Waals surface area contributed by atoms with Crippen LogP contribution in [0.1, 0.15) is 30.6 Å². The number of nitrogens with two attached hydrogens (primary N) is 1. The molecule has 0 aliphatic rings. The fraction of sp³-hybridized carbons (Fsp3) is 0.467. The second-order valence-electron chi connectivity index (χ2n) is 5.01. The Morgan fingerprint density at radius 3 is 2.27 bits per heavy atom. The van der Waals surface area contributed by atoms with Crippen LogP contribution in [-0.2, 0) is 4.79 Å². The lowest BCUT2D eigenvalue weighted by Crippen LogP contribution is -2.46. The number of halogens is 1. The van der Waals surface area contributed by atoms with Crippen LogP contribution in [0, 0.1) is 5.92 Å². The van der Waals surface area contributed by atoms with Gasteiger partial charge in [-0.1, -0.05) is 20.3 Å². The average Bonchev–Trinajstić information content (AvgIpc) is 2.50. The molecule has 6 nitrogen and oxygen atoms in total. The van der Waals surface area contributed by atoms with Gasteiger partial charge in [0.05, 0.1) is 6.04 Å². The van der Waals surface area contributed by atoms with Gasteiger partial charge < -0.3 is 21.5 Å². The van der Waals surface area contributed by atoms with Crippen LogP contribution in [0.4, 0.5) is 0 Å². The van der Waals surface area contributed by atoms with Gasteiger partial charge in [-0.2, -0.15) is 0 Å². The minimum Gasteiger partial charge on any atom is -0.508 e. The van der Waals surface area contributed by atoms with Crippen molar-refractivity contribution in [3.05, 3.63) is 29.8 Å². The highest BCUT2D eigenvalue weighted by Crippen LogP contribution is 2.09. The smallest absolute Gasteiger partial charge is 0.251 e. The normalized spacial score (nSPS) is 12.7. The quantitative estimate of drug-likeness (QED) is 0.561. The maximum absolute atomic E-state index is 11.8. The second-order valence-corrected chi connectivity index (χ2v) is 5.01. The van der Waals surface area contributed by atoms with E-state index in [1.54, 1.807) is 0 Å². The highest BCUT2D eigenvalue weighted by molar-refractivity contribution is 5.94. The van der Waals surface area contributed by atoms with E-state index in [4.69, 9.17) is 10.8 Å². The van der Waals surface area contributed by atoms with Crippen LogP contribution < -0.4 is 16.4 Å². The van der Waals surface area contributed by atoms with Crippen LogP contribution in [-0.4, -0.2) is 36.1 Å². The number of phenols is 1. The van der Waals surface area contributed by atoms with Crippen LogP contribution in [0.25, 0.3) is 0 Å². The lowest BCUT2D eigenvalue weighted by molar-refractivity contribution is -0.123. The number of benzene rings is 1. The molecule has 0 heterocycles. The van der Waals surface area contributed by atoms with Crippen LogP contribution >= 0.6 is 12.4 Å². The molecule has 0 saturated carbocycles. The third-order valence-electron chi connectivity index (χ3n) is 3.40. The standard InChI is InChI=1S/C15H23N3O3.ClH/c1-3-10(2)13(16)15(21)18-9-8-17-14(20)11-4-6-12(19)7-5-11;/h4-7,10,13,19H,3,8-9,16H2,1-2H3,(H,17,20)(H,18,21);1H. The molecule has 0 bridgehead atoms. The molecule has 0 fully saturated rings. The molecule has 2 atom stereocenters. The maximum Gasteiger partial charge on any atom is 0.251 e. The molecule has 0 radical (unpaired) electrons. The van der Waals surface area contributed by atoms with E-state index in [1.165, 1.54) is 24.3 Å². The number of carbonyl (C=O) groups is 2. The molecule has 0 aromatic heterocycles. The van der Waals surface area contributed by atoms with Crippen molar-refractivity contribution in [3.8, 4) is 5.75 Å². The van der Waals surface area contributed by atoms with Crippen molar-refractivity contribution >= 4 is 24.2 Å². The minimum atomic E-state index is -0.525. The second kappa shape index (κ2) is 10.0.